The summed E-state index contributed by atoms with van der Waals surface area (Å²) in [6.07, 6.45) is 0.948. The molecule has 30 heavy (non-hydrogen) atoms. The molecule has 3 aromatic rings. The molecule has 0 aliphatic heterocycles. The third-order valence-corrected chi connectivity index (χ3v) is 4.58. The number of amides is 2. The van der Waals surface area contributed by atoms with Crippen LogP contribution in [0.25, 0.3) is 0 Å². The fourth-order valence-corrected chi connectivity index (χ4v) is 2.95. The van der Waals surface area contributed by atoms with Gasteiger partial charge in [0.25, 0.3) is 5.91 Å². The zero-order valence-electron chi connectivity index (χ0n) is 16.5. The molecule has 0 bridgehead atoms. The number of hydrogen-bond acceptors (Lipinski definition) is 3. The summed E-state index contributed by atoms with van der Waals surface area (Å²) in [4.78, 5) is 36.1. The summed E-state index contributed by atoms with van der Waals surface area (Å²) in [7, 11) is 0. The van der Waals surface area contributed by atoms with Gasteiger partial charge in [-0.15, -0.1) is 0 Å². The minimum atomic E-state index is -1.12. The van der Waals surface area contributed by atoms with Crippen LogP contribution in [0.1, 0.15) is 38.3 Å². The Balaban J connectivity index is 1.62. The fraction of sp³-hybridized carbons (Fsp3) is 0.125. The predicted molar refractivity (Wildman–Crippen MR) is 116 cm³/mol. The van der Waals surface area contributed by atoms with Crippen molar-refractivity contribution in [3.63, 3.8) is 0 Å². The van der Waals surface area contributed by atoms with Crippen molar-refractivity contribution in [1.29, 1.82) is 0 Å². The molecule has 3 N–H and O–H groups in total. The van der Waals surface area contributed by atoms with E-state index in [1.807, 2.05) is 31.2 Å². The zero-order valence-corrected chi connectivity index (χ0v) is 16.5. The van der Waals surface area contributed by atoms with Gasteiger partial charge in [-0.25, -0.2) is 4.79 Å². The molecule has 0 spiro atoms. The zero-order chi connectivity index (χ0) is 21.5. The molecule has 0 unspecified atom stereocenters. The normalized spacial score (nSPS) is 10.3. The molecule has 0 saturated carbocycles. The number of para-hydroxylation sites is 1. The van der Waals surface area contributed by atoms with E-state index >= 15 is 0 Å². The Morgan fingerprint density at radius 3 is 2.33 bits per heavy atom. The van der Waals surface area contributed by atoms with E-state index in [0.29, 0.717) is 24.1 Å². The van der Waals surface area contributed by atoms with Gasteiger partial charge >= 0.3 is 5.97 Å². The average Bonchev–Trinajstić information content (AvgIpc) is 2.74. The van der Waals surface area contributed by atoms with Gasteiger partial charge in [0, 0.05) is 17.7 Å². The van der Waals surface area contributed by atoms with Crippen molar-refractivity contribution in [3.8, 4) is 0 Å². The molecule has 3 rings (SSSR count). The molecule has 0 heterocycles. The first-order valence-corrected chi connectivity index (χ1v) is 9.51. The summed E-state index contributed by atoms with van der Waals surface area (Å²) < 4.78 is 0. The summed E-state index contributed by atoms with van der Waals surface area (Å²) in [6, 6.07) is 20.7. The molecule has 2 amide bonds. The van der Waals surface area contributed by atoms with Crippen molar-refractivity contribution >= 4 is 29.2 Å². The first kappa shape index (κ1) is 20.8. The molecule has 0 saturated heterocycles. The molecule has 0 aliphatic carbocycles. The lowest BCUT2D eigenvalue weighted by molar-refractivity contribution is -0.116. The maximum Gasteiger partial charge on any atom is 0.337 e. The Morgan fingerprint density at radius 1 is 0.867 bits per heavy atom. The molecule has 0 radical (unpaired) electrons. The first-order chi connectivity index (χ1) is 14.4. The van der Waals surface area contributed by atoms with Crippen molar-refractivity contribution < 1.29 is 19.5 Å². The van der Waals surface area contributed by atoms with Crippen molar-refractivity contribution in [2.75, 3.05) is 10.6 Å². The lowest BCUT2D eigenvalue weighted by Gasteiger charge is -2.10. The van der Waals surface area contributed by atoms with Gasteiger partial charge in [0.1, 0.15) is 0 Å². The number of carbonyl (C=O) groups is 3. The van der Waals surface area contributed by atoms with Crippen LogP contribution < -0.4 is 10.6 Å². The van der Waals surface area contributed by atoms with E-state index in [4.69, 9.17) is 0 Å². The van der Waals surface area contributed by atoms with Gasteiger partial charge in [0.15, 0.2) is 0 Å². The van der Waals surface area contributed by atoms with Gasteiger partial charge < -0.3 is 15.7 Å². The van der Waals surface area contributed by atoms with Crippen LogP contribution in [0.2, 0.25) is 0 Å². The topological polar surface area (TPSA) is 95.5 Å². The molecule has 0 aromatic heterocycles. The highest BCUT2D eigenvalue weighted by Crippen LogP contribution is 2.18. The van der Waals surface area contributed by atoms with Crippen LogP contribution in [0.5, 0.6) is 0 Å². The Bertz CT molecular complexity index is 1070. The SMILES string of the molecule is Cc1ccc(CCC(=O)Nc2cccc(C(=O)Nc3ccccc3C(=O)O)c2)cc1. The highest BCUT2D eigenvalue weighted by Gasteiger charge is 2.13. The smallest absolute Gasteiger partial charge is 0.337 e. The highest BCUT2D eigenvalue weighted by atomic mass is 16.4. The van der Waals surface area contributed by atoms with Crippen LogP contribution in [0.3, 0.4) is 0 Å². The second-order valence-electron chi connectivity index (χ2n) is 6.92. The van der Waals surface area contributed by atoms with Crippen molar-refractivity contribution in [1.82, 2.24) is 0 Å². The summed E-state index contributed by atoms with van der Waals surface area (Å²) >= 11 is 0. The summed E-state index contributed by atoms with van der Waals surface area (Å²) in [5.74, 6) is -1.73. The van der Waals surface area contributed by atoms with Gasteiger partial charge in [0.2, 0.25) is 5.91 Å². The molecule has 152 valence electrons. The Morgan fingerprint density at radius 2 is 1.60 bits per heavy atom. The Hall–Kier alpha value is -3.93. The molecular weight excluding hydrogens is 380 g/mol. The second-order valence-corrected chi connectivity index (χ2v) is 6.92. The first-order valence-electron chi connectivity index (χ1n) is 9.51. The predicted octanol–water partition coefficient (Wildman–Crippen LogP) is 4.52. The van der Waals surface area contributed by atoms with Crippen LogP contribution in [-0.4, -0.2) is 22.9 Å². The minimum absolute atomic E-state index is 0.00594. The van der Waals surface area contributed by atoms with E-state index in [0.717, 1.165) is 5.56 Å². The van der Waals surface area contributed by atoms with Gasteiger partial charge in [-0.05, 0) is 49.2 Å². The summed E-state index contributed by atoms with van der Waals surface area (Å²) in [6.45, 7) is 2.01. The standard InChI is InChI=1S/C24H22N2O4/c1-16-9-11-17(12-10-16)13-14-22(27)25-19-6-4-5-18(15-19)23(28)26-21-8-3-2-7-20(21)24(29)30/h2-12,15H,13-14H2,1H3,(H,25,27)(H,26,28)(H,29,30). The largest absolute Gasteiger partial charge is 0.478 e. The number of carboxylic acid groups (broad SMARTS) is 1. The van der Waals surface area contributed by atoms with Gasteiger partial charge in [-0.1, -0.05) is 48.0 Å². The third kappa shape index (κ3) is 5.54. The number of hydrogen-bond donors (Lipinski definition) is 3. The molecule has 3 aromatic carbocycles. The van der Waals surface area contributed by atoms with Gasteiger partial charge in [-0.2, -0.15) is 0 Å². The van der Waals surface area contributed by atoms with E-state index in [-0.39, 0.29) is 17.2 Å². The molecular formula is C24H22N2O4. The lowest BCUT2D eigenvalue weighted by Crippen LogP contribution is -2.16. The van der Waals surface area contributed by atoms with E-state index in [9.17, 15) is 19.5 Å². The fourth-order valence-electron chi connectivity index (χ4n) is 2.95. The summed E-state index contributed by atoms with van der Waals surface area (Å²) in [5.41, 5.74) is 3.29. The number of carbonyl (C=O) groups excluding carboxylic acids is 2. The highest BCUT2D eigenvalue weighted by molar-refractivity contribution is 6.08. The maximum absolute atomic E-state index is 12.5. The van der Waals surface area contributed by atoms with E-state index < -0.39 is 11.9 Å². The minimum Gasteiger partial charge on any atom is -0.478 e. The number of nitrogens with one attached hydrogen (secondary N) is 2. The van der Waals surface area contributed by atoms with Crippen LogP contribution in [0.15, 0.2) is 72.8 Å². The quantitative estimate of drug-likeness (QED) is 0.542. The van der Waals surface area contributed by atoms with Gasteiger partial charge in [0.05, 0.1) is 11.3 Å². The van der Waals surface area contributed by atoms with Crippen LogP contribution in [0, 0.1) is 6.92 Å². The number of aryl methyl sites for hydroxylation is 2. The molecule has 0 fully saturated rings. The number of aromatic carboxylic acids is 1. The number of benzene rings is 3. The van der Waals surface area contributed by atoms with Crippen molar-refractivity contribution in [2.24, 2.45) is 0 Å². The Kier molecular flexibility index (Phi) is 6.60. The summed E-state index contributed by atoms with van der Waals surface area (Å²) in [5, 5.41) is 14.6. The van der Waals surface area contributed by atoms with E-state index in [1.54, 1.807) is 36.4 Å². The number of anilines is 2. The van der Waals surface area contributed by atoms with E-state index in [1.165, 1.54) is 17.7 Å². The molecule has 6 heteroatoms. The molecule has 0 atom stereocenters. The van der Waals surface area contributed by atoms with Crippen LogP contribution in [0.4, 0.5) is 11.4 Å². The third-order valence-electron chi connectivity index (χ3n) is 4.58. The van der Waals surface area contributed by atoms with Crippen molar-refractivity contribution in [3.05, 3.63) is 95.1 Å². The van der Waals surface area contributed by atoms with E-state index in [2.05, 4.69) is 10.6 Å². The molecule has 6 nitrogen and oxygen atoms in total. The number of carboxylic acids is 1. The molecule has 0 aliphatic rings. The number of rotatable bonds is 7. The maximum atomic E-state index is 12.5. The monoisotopic (exact) mass is 402 g/mol. The van der Waals surface area contributed by atoms with Crippen LogP contribution in [-0.2, 0) is 11.2 Å². The van der Waals surface area contributed by atoms with Crippen molar-refractivity contribution in [2.45, 2.75) is 19.8 Å². The van der Waals surface area contributed by atoms with Crippen LogP contribution >= 0.6 is 0 Å². The second kappa shape index (κ2) is 9.52. The average molecular weight is 402 g/mol. The lowest BCUT2D eigenvalue weighted by atomic mass is 10.1. The Labute approximate surface area is 174 Å². The van der Waals surface area contributed by atoms with Gasteiger partial charge in [-0.3, -0.25) is 9.59 Å².